The first kappa shape index (κ1) is 16.2. The van der Waals surface area contributed by atoms with Gasteiger partial charge in [0.15, 0.2) is 0 Å². The third-order valence-electron chi connectivity index (χ3n) is 4.13. The van der Waals surface area contributed by atoms with E-state index in [9.17, 15) is 22.0 Å². The number of nitrogens with two attached hydrogens (primary N) is 1. The molecule has 21 heavy (non-hydrogen) atoms. The molecular formula is C14H17F5N2. The first-order valence-electron chi connectivity index (χ1n) is 6.80. The molecule has 1 aromatic rings. The Morgan fingerprint density at radius 3 is 1.95 bits per heavy atom. The van der Waals surface area contributed by atoms with Crippen LogP contribution in [0.2, 0.25) is 0 Å². The summed E-state index contributed by atoms with van der Waals surface area (Å²) in [4.78, 5) is 0. The van der Waals surface area contributed by atoms with Gasteiger partial charge in [-0.2, -0.15) is 13.2 Å². The maximum atomic E-state index is 13.3. The van der Waals surface area contributed by atoms with Crippen molar-refractivity contribution in [3.63, 3.8) is 0 Å². The summed E-state index contributed by atoms with van der Waals surface area (Å²) in [6.45, 7) is 0. The molecule has 1 aliphatic carbocycles. The van der Waals surface area contributed by atoms with Crippen molar-refractivity contribution in [3.8, 4) is 0 Å². The van der Waals surface area contributed by atoms with Crippen molar-refractivity contribution >= 4 is 0 Å². The van der Waals surface area contributed by atoms with Crippen molar-refractivity contribution < 1.29 is 22.0 Å². The number of hydrogen-bond donors (Lipinski definition) is 2. The third-order valence-corrected chi connectivity index (χ3v) is 4.13. The van der Waals surface area contributed by atoms with Crippen molar-refractivity contribution in [1.82, 2.24) is 5.43 Å². The van der Waals surface area contributed by atoms with E-state index in [-0.39, 0.29) is 18.8 Å². The topological polar surface area (TPSA) is 38.0 Å². The van der Waals surface area contributed by atoms with Crippen molar-refractivity contribution in [3.05, 3.63) is 35.4 Å². The van der Waals surface area contributed by atoms with Crippen LogP contribution in [-0.2, 0) is 0 Å². The average Bonchev–Trinajstić information content (AvgIpc) is 2.38. The molecule has 0 heterocycles. The van der Waals surface area contributed by atoms with Gasteiger partial charge in [-0.05, 0) is 49.3 Å². The monoisotopic (exact) mass is 308 g/mol. The van der Waals surface area contributed by atoms with Crippen LogP contribution in [0.1, 0.15) is 37.3 Å². The summed E-state index contributed by atoms with van der Waals surface area (Å²) in [5.41, 5.74) is 2.81. The Kier molecular flexibility index (Phi) is 4.83. The second-order valence-electron chi connectivity index (χ2n) is 5.50. The zero-order valence-electron chi connectivity index (χ0n) is 11.3. The maximum absolute atomic E-state index is 13.3. The number of alkyl halides is 3. The van der Waals surface area contributed by atoms with Crippen LogP contribution in [0.4, 0.5) is 22.0 Å². The van der Waals surface area contributed by atoms with Gasteiger partial charge in [0.05, 0.1) is 5.92 Å². The van der Waals surface area contributed by atoms with Crippen LogP contribution in [0, 0.1) is 23.5 Å². The summed E-state index contributed by atoms with van der Waals surface area (Å²) < 4.78 is 64.4. The number of nitrogens with one attached hydrogen (secondary N) is 1. The summed E-state index contributed by atoms with van der Waals surface area (Å²) in [5.74, 6) is 2.52. The number of hydrogen-bond acceptors (Lipinski definition) is 2. The lowest BCUT2D eigenvalue weighted by Gasteiger charge is -2.34. The molecule has 2 rings (SSSR count). The molecule has 3 N–H and O–H groups in total. The van der Waals surface area contributed by atoms with E-state index in [1.165, 1.54) is 0 Å². The van der Waals surface area contributed by atoms with E-state index in [0.717, 1.165) is 18.2 Å². The van der Waals surface area contributed by atoms with E-state index in [4.69, 9.17) is 5.84 Å². The summed E-state index contributed by atoms with van der Waals surface area (Å²) >= 11 is 0. The van der Waals surface area contributed by atoms with Crippen LogP contribution >= 0.6 is 0 Å². The molecule has 118 valence electrons. The molecule has 1 unspecified atom stereocenters. The van der Waals surface area contributed by atoms with Crippen LogP contribution in [0.15, 0.2) is 18.2 Å². The lowest BCUT2D eigenvalue weighted by Crippen LogP contribution is -2.37. The van der Waals surface area contributed by atoms with Crippen LogP contribution in [0.25, 0.3) is 0 Å². The third kappa shape index (κ3) is 3.91. The first-order chi connectivity index (χ1) is 9.81. The fourth-order valence-electron chi connectivity index (χ4n) is 3.04. The molecule has 0 spiro atoms. The Morgan fingerprint density at radius 2 is 1.52 bits per heavy atom. The van der Waals surface area contributed by atoms with Gasteiger partial charge in [0.2, 0.25) is 0 Å². The molecule has 1 atom stereocenters. The van der Waals surface area contributed by atoms with Crippen LogP contribution in [0.5, 0.6) is 0 Å². The molecule has 1 fully saturated rings. The normalized spacial score (nSPS) is 24.9. The Bertz CT molecular complexity index is 460. The minimum absolute atomic E-state index is 0.0180. The summed E-state index contributed by atoms with van der Waals surface area (Å²) in [5, 5.41) is 0. The predicted octanol–water partition coefficient (Wildman–Crippen LogP) is 3.84. The lowest BCUT2D eigenvalue weighted by molar-refractivity contribution is -0.184. The fraction of sp³-hybridized carbons (Fsp3) is 0.571. The highest BCUT2D eigenvalue weighted by Gasteiger charge is 2.42. The molecule has 0 aromatic heterocycles. The second-order valence-corrected chi connectivity index (χ2v) is 5.50. The summed E-state index contributed by atoms with van der Waals surface area (Å²) in [7, 11) is 0. The Balaban J connectivity index is 2.09. The van der Waals surface area contributed by atoms with Gasteiger partial charge in [0.1, 0.15) is 11.6 Å². The SMILES string of the molecule is NNC(c1cc(F)cc(F)c1)C1CCC(C(F)(F)F)CC1. The minimum atomic E-state index is -4.18. The van der Waals surface area contributed by atoms with Gasteiger partial charge in [-0.1, -0.05) is 0 Å². The van der Waals surface area contributed by atoms with Crippen molar-refractivity contribution in [1.29, 1.82) is 0 Å². The molecule has 0 aliphatic heterocycles. The Hall–Kier alpha value is -1.21. The Labute approximate surface area is 119 Å². The highest BCUT2D eigenvalue weighted by atomic mass is 19.4. The molecule has 0 saturated heterocycles. The van der Waals surface area contributed by atoms with E-state index in [2.05, 4.69) is 5.43 Å². The molecule has 2 nitrogen and oxygen atoms in total. The van der Waals surface area contributed by atoms with E-state index in [0.29, 0.717) is 18.4 Å². The van der Waals surface area contributed by atoms with Gasteiger partial charge < -0.3 is 0 Å². The predicted molar refractivity (Wildman–Crippen MR) is 67.9 cm³/mol. The molecule has 7 heteroatoms. The highest BCUT2D eigenvalue weighted by Crippen LogP contribution is 2.43. The zero-order chi connectivity index (χ0) is 15.6. The quantitative estimate of drug-likeness (QED) is 0.506. The summed E-state index contributed by atoms with van der Waals surface area (Å²) in [6.07, 6.45) is -3.51. The van der Waals surface area contributed by atoms with Gasteiger partial charge in [-0.3, -0.25) is 11.3 Å². The van der Waals surface area contributed by atoms with Crippen molar-refractivity contribution in [2.24, 2.45) is 17.7 Å². The van der Waals surface area contributed by atoms with Crippen LogP contribution < -0.4 is 11.3 Å². The van der Waals surface area contributed by atoms with Gasteiger partial charge in [0.25, 0.3) is 0 Å². The van der Waals surface area contributed by atoms with Crippen molar-refractivity contribution in [2.75, 3.05) is 0 Å². The smallest absolute Gasteiger partial charge is 0.271 e. The molecule has 0 bridgehead atoms. The number of rotatable bonds is 3. The number of hydrazine groups is 1. The van der Waals surface area contributed by atoms with E-state index >= 15 is 0 Å². The van der Waals surface area contributed by atoms with Crippen molar-refractivity contribution in [2.45, 2.75) is 37.9 Å². The molecule has 1 aromatic carbocycles. The van der Waals surface area contributed by atoms with Gasteiger partial charge in [-0.15, -0.1) is 0 Å². The average molecular weight is 308 g/mol. The van der Waals surface area contributed by atoms with E-state index in [1.807, 2.05) is 0 Å². The van der Waals surface area contributed by atoms with Crippen LogP contribution in [-0.4, -0.2) is 6.18 Å². The van der Waals surface area contributed by atoms with Gasteiger partial charge in [-0.25, -0.2) is 8.78 Å². The highest BCUT2D eigenvalue weighted by molar-refractivity contribution is 5.22. The largest absolute Gasteiger partial charge is 0.391 e. The van der Waals surface area contributed by atoms with Gasteiger partial charge in [0, 0.05) is 12.1 Å². The molecule has 0 radical (unpaired) electrons. The molecule has 1 aliphatic rings. The standard InChI is InChI=1S/C14H17F5N2/c15-11-5-9(6-12(16)7-11)13(21-20)8-1-3-10(4-2-8)14(17,18)19/h5-8,10,13,21H,1-4,20H2. The number of halogens is 5. The lowest BCUT2D eigenvalue weighted by atomic mass is 9.76. The fourth-order valence-corrected chi connectivity index (χ4v) is 3.04. The van der Waals surface area contributed by atoms with Gasteiger partial charge >= 0.3 is 6.18 Å². The molecular weight excluding hydrogens is 291 g/mol. The van der Waals surface area contributed by atoms with Crippen LogP contribution in [0.3, 0.4) is 0 Å². The van der Waals surface area contributed by atoms with E-state index < -0.39 is 29.8 Å². The maximum Gasteiger partial charge on any atom is 0.391 e. The first-order valence-corrected chi connectivity index (χ1v) is 6.80. The number of benzene rings is 1. The Morgan fingerprint density at radius 1 is 1.00 bits per heavy atom. The molecule has 0 amide bonds. The molecule has 1 saturated carbocycles. The second kappa shape index (κ2) is 6.27. The zero-order valence-corrected chi connectivity index (χ0v) is 11.3. The van der Waals surface area contributed by atoms with E-state index in [1.54, 1.807) is 0 Å². The minimum Gasteiger partial charge on any atom is -0.271 e. The summed E-state index contributed by atoms with van der Waals surface area (Å²) in [6, 6.07) is 2.51.